The third kappa shape index (κ3) is 5.53. The smallest absolute Gasteiger partial charge is 0.305 e. The predicted molar refractivity (Wildman–Crippen MR) is 78.1 cm³/mol. The zero-order chi connectivity index (χ0) is 15.8. The molecule has 21 heavy (non-hydrogen) atoms. The van der Waals surface area contributed by atoms with Crippen molar-refractivity contribution in [1.29, 1.82) is 0 Å². The summed E-state index contributed by atoms with van der Waals surface area (Å²) in [6, 6.07) is 5.91. The van der Waals surface area contributed by atoms with Gasteiger partial charge in [-0.25, -0.2) is 4.39 Å². The number of halogens is 1. The Hall–Kier alpha value is -1.91. The Morgan fingerprint density at radius 1 is 1.19 bits per heavy atom. The molecule has 0 unspecified atom stereocenters. The summed E-state index contributed by atoms with van der Waals surface area (Å²) in [6.45, 7) is 4.36. The lowest BCUT2D eigenvalue weighted by atomic mass is 10.0. The fourth-order valence-electron chi connectivity index (χ4n) is 2.20. The van der Waals surface area contributed by atoms with Crippen molar-refractivity contribution in [1.82, 2.24) is 4.90 Å². The van der Waals surface area contributed by atoms with E-state index in [9.17, 15) is 14.0 Å². The first kappa shape index (κ1) is 17.1. The van der Waals surface area contributed by atoms with Gasteiger partial charge in [-0.1, -0.05) is 26.0 Å². The minimum absolute atomic E-state index is 0.0365. The quantitative estimate of drug-likeness (QED) is 0.802. The monoisotopic (exact) mass is 295 g/mol. The molecule has 5 heteroatoms. The summed E-state index contributed by atoms with van der Waals surface area (Å²) in [6.07, 6.45) is 1.36. The average molecular weight is 295 g/mol. The van der Waals surface area contributed by atoms with E-state index in [1.807, 2.05) is 13.8 Å². The van der Waals surface area contributed by atoms with E-state index in [0.29, 0.717) is 6.54 Å². The van der Waals surface area contributed by atoms with Crippen molar-refractivity contribution < 1.29 is 19.1 Å². The van der Waals surface area contributed by atoms with Crippen LogP contribution >= 0.6 is 0 Å². The number of carbonyl (C=O) groups is 2. The van der Waals surface area contributed by atoms with Gasteiger partial charge in [-0.15, -0.1) is 0 Å². The first-order valence-corrected chi connectivity index (χ1v) is 7.22. The van der Waals surface area contributed by atoms with Crippen LogP contribution in [0.15, 0.2) is 24.3 Å². The van der Waals surface area contributed by atoms with Crippen molar-refractivity contribution in [2.75, 3.05) is 6.54 Å². The molecule has 0 aliphatic heterocycles. The van der Waals surface area contributed by atoms with E-state index < -0.39 is 5.97 Å². The number of nitrogens with zero attached hydrogens (tertiary/aromatic N) is 1. The molecule has 4 nitrogen and oxygen atoms in total. The second kappa shape index (κ2) is 8.39. The van der Waals surface area contributed by atoms with Crippen molar-refractivity contribution >= 4 is 11.9 Å². The maximum absolute atomic E-state index is 12.9. The maximum Gasteiger partial charge on any atom is 0.305 e. The van der Waals surface area contributed by atoms with Crippen LogP contribution in [0, 0.1) is 11.7 Å². The van der Waals surface area contributed by atoms with Crippen LogP contribution in [0.4, 0.5) is 4.39 Å². The van der Waals surface area contributed by atoms with Crippen LogP contribution in [0.3, 0.4) is 0 Å². The Kier molecular flexibility index (Phi) is 6.85. The summed E-state index contributed by atoms with van der Waals surface area (Å²) < 4.78 is 12.9. The van der Waals surface area contributed by atoms with Crippen LogP contribution < -0.4 is 0 Å². The Bertz CT molecular complexity index is 469. The SMILES string of the molecule is CCC(CC)C(=O)N(CCC(=O)O)Cc1ccc(F)cc1. The fraction of sp³-hybridized carbons (Fsp3) is 0.500. The lowest BCUT2D eigenvalue weighted by Crippen LogP contribution is -2.37. The third-order valence-corrected chi connectivity index (χ3v) is 3.53. The van der Waals surface area contributed by atoms with Gasteiger partial charge in [0.1, 0.15) is 5.82 Å². The second-order valence-corrected chi connectivity index (χ2v) is 5.04. The normalized spacial score (nSPS) is 10.7. The predicted octanol–water partition coefficient (Wildman–Crippen LogP) is 3.07. The molecule has 0 saturated heterocycles. The van der Waals surface area contributed by atoms with Crippen LogP contribution in [0.2, 0.25) is 0 Å². The molecular weight excluding hydrogens is 273 g/mol. The van der Waals surface area contributed by atoms with Gasteiger partial charge >= 0.3 is 5.97 Å². The number of hydrogen-bond acceptors (Lipinski definition) is 2. The number of carboxylic acid groups (broad SMARTS) is 1. The molecule has 1 amide bonds. The topological polar surface area (TPSA) is 57.6 Å². The highest BCUT2D eigenvalue weighted by Gasteiger charge is 2.22. The Morgan fingerprint density at radius 2 is 1.76 bits per heavy atom. The molecule has 0 radical (unpaired) electrons. The third-order valence-electron chi connectivity index (χ3n) is 3.53. The minimum Gasteiger partial charge on any atom is -0.481 e. The largest absolute Gasteiger partial charge is 0.481 e. The van der Waals surface area contributed by atoms with Crippen LogP contribution in [0.5, 0.6) is 0 Å². The molecule has 1 rings (SSSR count). The van der Waals surface area contributed by atoms with Gasteiger partial charge in [0.15, 0.2) is 0 Å². The molecule has 0 spiro atoms. The van der Waals surface area contributed by atoms with Crippen molar-refractivity contribution in [3.05, 3.63) is 35.6 Å². The van der Waals surface area contributed by atoms with Crippen molar-refractivity contribution in [3.63, 3.8) is 0 Å². The maximum atomic E-state index is 12.9. The van der Waals surface area contributed by atoms with Gasteiger partial charge in [-0.3, -0.25) is 9.59 Å². The standard InChI is InChI=1S/C16H22FNO3/c1-3-13(4-2)16(21)18(10-9-15(19)20)11-12-5-7-14(17)8-6-12/h5-8,13H,3-4,9-11H2,1-2H3,(H,19,20). The highest BCUT2D eigenvalue weighted by Crippen LogP contribution is 2.15. The fourth-order valence-corrected chi connectivity index (χ4v) is 2.20. The summed E-state index contributed by atoms with van der Waals surface area (Å²) in [5.74, 6) is -1.40. The lowest BCUT2D eigenvalue weighted by Gasteiger charge is -2.26. The van der Waals surface area contributed by atoms with Gasteiger partial charge < -0.3 is 10.0 Å². The van der Waals surface area contributed by atoms with Crippen molar-refractivity contribution in [3.8, 4) is 0 Å². The molecule has 0 aromatic heterocycles. The van der Waals surface area contributed by atoms with E-state index in [-0.39, 0.29) is 30.6 Å². The first-order valence-electron chi connectivity index (χ1n) is 7.22. The summed E-state index contributed by atoms with van der Waals surface area (Å²) in [5, 5.41) is 8.81. The number of aliphatic carboxylic acids is 1. The number of benzene rings is 1. The van der Waals surface area contributed by atoms with Gasteiger partial charge in [-0.2, -0.15) is 0 Å². The molecule has 0 bridgehead atoms. The lowest BCUT2D eigenvalue weighted by molar-refractivity contribution is -0.140. The van der Waals surface area contributed by atoms with Crippen LogP contribution in [-0.2, 0) is 16.1 Å². The highest BCUT2D eigenvalue weighted by atomic mass is 19.1. The van der Waals surface area contributed by atoms with E-state index in [4.69, 9.17) is 5.11 Å². The average Bonchev–Trinajstić information content (AvgIpc) is 2.46. The molecular formula is C16H22FNO3. The van der Waals surface area contributed by atoms with E-state index >= 15 is 0 Å². The Balaban J connectivity index is 2.82. The number of amides is 1. The van der Waals surface area contributed by atoms with Gasteiger partial charge in [0.05, 0.1) is 6.42 Å². The zero-order valence-electron chi connectivity index (χ0n) is 12.5. The molecule has 0 heterocycles. The van der Waals surface area contributed by atoms with E-state index in [1.165, 1.54) is 12.1 Å². The van der Waals surface area contributed by atoms with Crippen molar-refractivity contribution in [2.45, 2.75) is 39.7 Å². The number of hydrogen-bond donors (Lipinski definition) is 1. The molecule has 1 aromatic carbocycles. The van der Waals surface area contributed by atoms with Crippen LogP contribution in [0.1, 0.15) is 38.7 Å². The number of rotatable bonds is 8. The molecule has 0 saturated carbocycles. The van der Waals surface area contributed by atoms with Gasteiger partial charge in [0.2, 0.25) is 5.91 Å². The van der Waals surface area contributed by atoms with Crippen LogP contribution in [0.25, 0.3) is 0 Å². The first-order chi connectivity index (χ1) is 9.97. The van der Waals surface area contributed by atoms with E-state index in [1.54, 1.807) is 17.0 Å². The molecule has 1 aromatic rings. The van der Waals surface area contributed by atoms with E-state index in [2.05, 4.69) is 0 Å². The van der Waals surface area contributed by atoms with Gasteiger partial charge in [-0.05, 0) is 30.5 Å². The molecule has 0 fully saturated rings. The van der Waals surface area contributed by atoms with E-state index in [0.717, 1.165) is 18.4 Å². The number of carboxylic acids is 1. The van der Waals surface area contributed by atoms with Crippen molar-refractivity contribution in [2.24, 2.45) is 5.92 Å². The molecule has 1 N–H and O–H groups in total. The molecule has 0 atom stereocenters. The van der Waals surface area contributed by atoms with Gasteiger partial charge in [0.25, 0.3) is 0 Å². The summed E-state index contributed by atoms with van der Waals surface area (Å²) in [4.78, 5) is 24.7. The zero-order valence-corrected chi connectivity index (χ0v) is 12.5. The molecule has 116 valence electrons. The van der Waals surface area contributed by atoms with Crippen LogP contribution in [-0.4, -0.2) is 28.4 Å². The Morgan fingerprint density at radius 3 is 2.24 bits per heavy atom. The summed E-state index contributed by atoms with van der Waals surface area (Å²) in [7, 11) is 0. The van der Waals surface area contributed by atoms with Gasteiger partial charge in [0, 0.05) is 19.0 Å². The summed E-state index contributed by atoms with van der Waals surface area (Å²) in [5.41, 5.74) is 0.793. The number of carbonyl (C=O) groups excluding carboxylic acids is 1. The Labute approximate surface area is 124 Å². The molecule has 0 aliphatic carbocycles. The highest BCUT2D eigenvalue weighted by molar-refractivity contribution is 5.79. The molecule has 0 aliphatic rings. The second-order valence-electron chi connectivity index (χ2n) is 5.04. The summed E-state index contributed by atoms with van der Waals surface area (Å²) >= 11 is 0. The minimum atomic E-state index is -0.934.